The van der Waals surface area contributed by atoms with Crippen molar-refractivity contribution >= 4 is 23.2 Å². The van der Waals surface area contributed by atoms with Crippen molar-refractivity contribution in [3.8, 4) is 0 Å². The fourth-order valence-corrected chi connectivity index (χ4v) is 1.69. The van der Waals surface area contributed by atoms with Crippen molar-refractivity contribution in [2.75, 3.05) is 0 Å². The van der Waals surface area contributed by atoms with Crippen molar-refractivity contribution in [1.82, 2.24) is 5.32 Å². The van der Waals surface area contributed by atoms with Crippen LogP contribution in [0.5, 0.6) is 0 Å². The standard InChI is InChI=1S/C10H11Cl2N/c1-3-13-7(2)9-5-4-8(11)6-10(9)12/h3-7,13H,1H2,2H3. The van der Waals surface area contributed by atoms with Crippen LogP contribution in [0.4, 0.5) is 0 Å². The molecular formula is C10H11Cl2N. The van der Waals surface area contributed by atoms with Crippen LogP contribution in [0.3, 0.4) is 0 Å². The minimum atomic E-state index is 0.155. The number of nitrogens with one attached hydrogen (secondary N) is 1. The summed E-state index contributed by atoms with van der Waals surface area (Å²) < 4.78 is 0. The molecule has 3 heteroatoms. The molecule has 1 N–H and O–H groups in total. The van der Waals surface area contributed by atoms with Crippen molar-refractivity contribution in [2.45, 2.75) is 13.0 Å². The van der Waals surface area contributed by atoms with Crippen molar-refractivity contribution < 1.29 is 0 Å². The topological polar surface area (TPSA) is 12.0 Å². The molecule has 1 aromatic rings. The highest BCUT2D eigenvalue weighted by Gasteiger charge is 2.07. The van der Waals surface area contributed by atoms with Gasteiger partial charge in [0.05, 0.1) is 0 Å². The minimum Gasteiger partial charge on any atom is -0.385 e. The maximum atomic E-state index is 6.00. The fraction of sp³-hybridized carbons (Fsp3) is 0.200. The van der Waals surface area contributed by atoms with Crippen molar-refractivity contribution in [3.63, 3.8) is 0 Å². The quantitative estimate of drug-likeness (QED) is 0.810. The van der Waals surface area contributed by atoms with Crippen LogP contribution in [-0.4, -0.2) is 0 Å². The van der Waals surface area contributed by atoms with Crippen molar-refractivity contribution in [2.24, 2.45) is 0 Å². The Bertz CT molecular complexity index is 310. The van der Waals surface area contributed by atoms with E-state index in [0.29, 0.717) is 10.0 Å². The summed E-state index contributed by atoms with van der Waals surface area (Å²) in [5.74, 6) is 0. The Morgan fingerprint density at radius 2 is 2.15 bits per heavy atom. The molecule has 70 valence electrons. The molecule has 0 aliphatic heterocycles. The zero-order chi connectivity index (χ0) is 9.84. The normalized spacial score (nSPS) is 12.2. The van der Waals surface area contributed by atoms with Gasteiger partial charge >= 0.3 is 0 Å². The summed E-state index contributed by atoms with van der Waals surface area (Å²) in [7, 11) is 0. The fourth-order valence-electron chi connectivity index (χ4n) is 1.12. The highest BCUT2D eigenvalue weighted by molar-refractivity contribution is 6.35. The Hall–Kier alpha value is -0.660. The van der Waals surface area contributed by atoms with E-state index >= 15 is 0 Å². The molecule has 0 spiro atoms. The third-order valence-corrected chi connectivity index (χ3v) is 2.36. The number of rotatable bonds is 3. The third-order valence-electron chi connectivity index (χ3n) is 1.80. The average molecular weight is 216 g/mol. The predicted molar refractivity (Wildman–Crippen MR) is 58.2 cm³/mol. The summed E-state index contributed by atoms with van der Waals surface area (Å²) >= 11 is 11.8. The zero-order valence-electron chi connectivity index (χ0n) is 7.35. The van der Waals surface area contributed by atoms with Crippen LogP contribution < -0.4 is 5.32 Å². The lowest BCUT2D eigenvalue weighted by molar-refractivity contribution is 0.688. The van der Waals surface area contributed by atoms with Crippen LogP contribution in [0.1, 0.15) is 18.5 Å². The van der Waals surface area contributed by atoms with Gasteiger partial charge in [-0.15, -0.1) is 0 Å². The monoisotopic (exact) mass is 215 g/mol. The first kappa shape index (κ1) is 10.4. The Kier molecular flexibility index (Phi) is 3.64. The lowest BCUT2D eigenvalue weighted by atomic mass is 10.1. The third kappa shape index (κ3) is 2.64. The summed E-state index contributed by atoms with van der Waals surface area (Å²) in [6.07, 6.45) is 1.65. The average Bonchev–Trinajstić information content (AvgIpc) is 2.04. The van der Waals surface area contributed by atoms with E-state index in [2.05, 4.69) is 11.9 Å². The molecule has 0 fully saturated rings. The van der Waals surface area contributed by atoms with Gasteiger partial charge in [0.1, 0.15) is 0 Å². The molecule has 1 aromatic carbocycles. The SMILES string of the molecule is C=CNC(C)c1ccc(Cl)cc1Cl. The molecule has 0 saturated carbocycles. The molecule has 0 radical (unpaired) electrons. The first-order valence-corrected chi connectivity index (χ1v) is 4.72. The molecule has 1 rings (SSSR count). The molecule has 1 unspecified atom stereocenters. The Morgan fingerprint density at radius 1 is 1.46 bits per heavy atom. The molecule has 0 aliphatic rings. The van der Waals surface area contributed by atoms with Gasteiger partial charge in [0.15, 0.2) is 0 Å². The van der Waals surface area contributed by atoms with E-state index < -0.39 is 0 Å². The highest BCUT2D eigenvalue weighted by atomic mass is 35.5. The lowest BCUT2D eigenvalue weighted by Gasteiger charge is -2.13. The molecule has 1 atom stereocenters. The number of halogens is 2. The summed E-state index contributed by atoms with van der Waals surface area (Å²) in [6.45, 7) is 5.60. The van der Waals surface area contributed by atoms with Gasteiger partial charge in [0.2, 0.25) is 0 Å². The molecule has 0 bridgehead atoms. The van der Waals surface area contributed by atoms with Gasteiger partial charge in [-0.05, 0) is 30.8 Å². The number of benzene rings is 1. The summed E-state index contributed by atoms with van der Waals surface area (Å²) in [5, 5.41) is 4.39. The van der Waals surface area contributed by atoms with Crippen LogP contribution in [0.15, 0.2) is 31.0 Å². The van der Waals surface area contributed by atoms with E-state index in [-0.39, 0.29) is 6.04 Å². The van der Waals surface area contributed by atoms with Crippen LogP contribution in [0.25, 0.3) is 0 Å². The van der Waals surface area contributed by atoms with Gasteiger partial charge in [-0.1, -0.05) is 35.8 Å². The second kappa shape index (κ2) is 4.54. The molecule has 0 amide bonds. The number of hydrogen-bond acceptors (Lipinski definition) is 1. The first-order chi connectivity index (χ1) is 6.15. The van der Waals surface area contributed by atoms with E-state index in [0.717, 1.165) is 5.56 Å². The molecule has 0 aliphatic carbocycles. The number of hydrogen-bond donors (Lipinski definition) is 1. The second-order valence-corrected chi connectivity index (χ2v) is 3.60. The smallest absolute Gasteiger partial charge is 0.0494 e. The van der Waals surface area contributed by atoms with Gasteiger partial charge < -0.3 is 5.32 Å². The molecule has 1 nitrogen and oxygen atoms in total. The molecule has 0 aromatic heterocycles. The first-order valence-electron chi connectivity index (χ1n) is 3.97. The molecule has 0 heterocycles. The summed E-state index contributed by atoms with van der Waals surface area (Å²) in [6, 6.07) is 5.62. The maximum Gasteiger partial charge on any atom is 0.0494 e. The highest BCUT2D eigenvalue weighted by Crippen LogP contribution is 2.25. The van der Waals surface area contributed by atoms with Gasteiger partial charge in [0, 0.05) is 16.1 Å². The van der Waals surface area contributed by atoms with Crippen LogP contribution in [0, 0.1) is 0 Å². The van der Waals surface area contributed by atoms with Crippen molar-refractivity contribution in [3.05, 3.63) is 46.6 Å². The zero-order valence-corrected chi connectivity index (χ0v) is 8.86. The molecular weight excluding hydrogens is 205 g/mol. The van der Waals surface area contributed by atoms with E-state index in [4.69, 9.17) is 23.2 Å². The van der Waals surface area contributed by atoms with E-state index in [1.165, 1.54) is 0 Å². The maximum absolute atomic E-state index is 6.00. The largest absolute Gasteiger partial charge is 0.385 e. The summed E-state index contributed by atoms with van der Waals surface area (Å²) in [5.41, 5.74) is 1.02. The second-order valence-electron chi connectivity index (χ2n) is 2.76. The Balaban J connectivity index is 2.94. The van der Waals surface area contributed by atoms with Crippen LogP contribution in [-0.2, 0) is 0 Å². The van der Waals surface area contributed by atoms with Gasteiger partial charge in [-0.3, -0.25) is 0 Å². The van der Waals surface area contributed by atoms with Crippen LogP contribution in [0.2, 0.25) is 10.0 Å². The van der Waals surface area contributed by atoms with Gasteiger partial charge in [-0.25, -0.2) is 0 Å². The van der Waals surface area contributed by atoms with Gasteiger partial charge in [0.25, 0.3) is 0 Å². The van der Waals surface area contributed by atoms with Crippen molar-refractivity contribution in [1.29, 1.82) is 0 Å². The Morgan fingerprint density at radius 3 is 2.69 bits per heavy atom. The van der Waals surface area contributed by atoms with E-state index in [9.17, 15) is 0 Å². The molecule has 0 saturated heterocycles. The summed E-state index contributed by atoms with van der Waals surface area (Å²) in [4.78, 5) is 0. The van der Waals surface area contributed by atoms with Crippen LogP contribution >= 0.6 is 23.2 Å². The van der Waals surface area contributed by atoms with E-state index in [1.54, 1.807) is 12.3 Å². The molecule has 13 heavy (non-hydrogen) atoms. The Labute approximate surface area is 88.4 Å². The predicted octanol–water partition coefficient (Wildman–Crippen LogP) is 3.79. The van der Waals surface area contributed by atoms with E-state index in [1.807, 2.05) is 19.1 Å². The van der Waals surface area contributed by atoms with Gasteiger partial charge in [-0.2, -0.15) is 0 Å². The minimum absolute atomic E-state index is 0.155. The lowest BCUT2D eigenvalue weighted by Crippen LogP contribution is -2.11.